The maximum Gasteiger partial charge on any atom is 0.349 e. The first-order valence-electron chi connectivity index (χ1n) is 11.8. The van der Waals surface area contributed by atoms with Crippen LogP contribution in [0.15, 0.2) is 29.1 Å². The topological polar surface area (TPSA) is 46.1 Å². The number of nitrogens with zero attached hydrogens (tertiary/aromatic N) is 2. The van der Waals surface area contributed by atoms with E-state index in [2.05, 4.69) is 0 Å². The van der Waals surface area contributed by atoms with Crippen LogP contribution in [0.25, 0.3) is 22.8 Å². The van der Waals surface area contributed by atoms with Crippen molar-refractivity contribution in [1.82, 2.24) is 4.57 Å². The second-order valence-corrected chi connectivity index (χ2v) is 9.69. The molecule has 0 saturated carbocycles. The zero-order chi connectivity index (χ0) is 28.4. The summed E-state index contributed by atoms with van der Waals surface area (Å²) in [6, 6.07) is 6.94. The molecule has 0 aliphatic rings. The first-order valence-corrected chi connectivity index (χ1v) is 11.8. The van der Waals surface area contributed by atoms with Crippen LogP contribution in [0.3, 0.4) is 0 Å². The minimum absolute atomic E-state index is 0.184. The summed E-state index contributed by atoms with van der Waals surface area (Å²) in [5.74, 6) is -12.3. The van der Waals surface area contributed by atoms with Crippen LogP contribution >= 0.6 is 0 Å². The number of aromatic nitrogens is 2. The monoisotopic (exact) mass is 529 g/mol. The molecule has 4 nitrogen and oxygen atoms in total. The number of aromatic hydroxyl groups is 1. The smallest absolute Gasteiger partial charge is 0.349 e. The predicted molar refractivity (Wildman–Crippen MR) is 134 cm³/mol. The molecular weight excluding hydrogens is 503 g/mol. The Bertz CT molecular complexity index is 1650. The zero-order valence-corrected chi connectivity index (χ0v) is 21.9. The molecule has 0 unspecified atom stereocenters. The second kappa shape index (κ2) is 9.38. The average molecular weight is 530 g/mol. The first-order chi connectivity index (χ1) is 17.7. The fourth-order valence-corrected chi connectivity index (χ4v) is 5.22. The number of hydrogen-bond acceptors (Lipinski definition) is 2. The molecule has 198 valence electrons. The van der Waals surface area contributed by atoms with Gasteiger partial charge in [0.05, 0.1) is 0 Å². The molecule has 9 heteroatoms. The molecule has 0 radical (unpaired) electrons. The lowest BCUT2D eigenvalue weighted by Gasteiger charge is -2.20. The third-order valence-corrected chi connectivity index (χ3v) is 6.65. The van der Waals surface area contributed by atoms with Gasteiger partial charge in [-0.2, -0.15) is 9.13 Å². The lowest BCUT2D eigenvalue weighted by Crippen LogP contribution is -2.45. The van der Waals surface area contributed by atoms with Crippen LogP contribution in [0.1, 0.15) is 38.9 Å². The quantitative estimate of drug-likeness (QED) is 0.146. The van der Waals surface area contributed by atoms with Crippen molar-refractivity contribution in [2.24, 2.45) is 0 Å². The van der Waals surface area contributed by atoms with E-state index in [1.807, 2.05) is 13.8 Å². The van der Waals surface area contributed by atoms with Crippen molar-refractivity contribution in [3.63, 3.8) is 0 Å². The Morgan fingerprint density at radius 3 is 1.50 bits per heavy atom. The molecule has 3 aromatic carbocycles. The van der Waals surface area contributed by atoms with Crippen LogP contribution in [0.4, 0.5) is 22.0 Å². The van der Waals surface area contributed by atoms with Crippen molar-refractivity contribution in [2.75, 3.05) is 0 Å². The third kappa shape index (κ3) is 3.97. The fourth-order valence-electron chi connectivity index (χ4n) is 5.22. The van der Waals surface area contributed by atoms with E-state index >= 15 is 8.78 Å². The minimum Gasteiger partial charge on any atom is -0.477 e. The highest BCUT2D eigenvalue weighted by Gasteiger charge is 2.39. The van der Waals surface area contributed by atoms with Crippen LogP contribution in [0.2, 0.25) is 0 Å². The van der Waals surface area contributed by atoms with Gasteiger partial charge in [0.2, 0.25) is 5.82 Å². The predicted octanol–water partition coefficient (Wildman–Crippen LogP) is 6.34. The van der Waals surface area contributed by atoms with Gasteiger partial charge in [-0.05, 0) is 70.7 Å². The lowest BCUT2D eigenvalue weighted by atomic mass is 10.0. The molecule has 38 heavy (non-hydrogen) atoms. The van der Waals surface area contributed by atoms with Crippen molar-refractivity contribution in [3.05, 3.63) is 103 Å². The lowest BCUT2D eigenvalue weighted by molar-refractivity contribution is -0.598. The van der Waals surface area contributed by atoms with Crippen molar-refractivity contribution in [2.45, 2.75) is 48.5 Å². The fraction of sp³-hybridized carbons (Fsp3) is 0.241. The maximum atomic E-state index is 15.4. The number of hydrogen-bond donors (Lipinski definition) is 1. The second-order valence-electron chi connectivity index (χ2n) is 9.69. The molecule has 0 aliphatic carbocycles. The van der Waals surface area contributed by atoms with Gasteiger partial charge in [0.1, 0.15) is 22.5 Å². The Kier molecular flexibility index (Phi) is 6.67. The van der Waals surface area contributed by atoms with Crippen LogP contribution in [-0.2, 0) is 0 Å². The van der Waals surface area contributed by atoms with E-state index in [0.717, 1.165) is 20.3 Å². The molecule has 1 N–H and O–H groups in total. The highest BCUT2D eigenvalue weighted by atomic mass is 19.2. The number of halogens is 5. The van der Waals surface area contributed by atoms with Crippen molar-refractivity contribution < 1.29 is 31.6 Å². The molecule has 1 heterocycles. The molecule has 0 aliphatic heterocycles. The van der Waals surface area contributed by atoms with Crippen LogP contribution in [-0.4, -0.2) is 9.67 Å². The summed E-state index contributed by atoms with van der Waals surface area (Å²) in [5, 5.41) is 11.3. The van der Waals surface area contributed by atoms with Gasteiger partial charge in [-0.25, -0.2) is 26.7 Å². The van der Waals surface area contributed by atoms with Gasteiger partial charge in [-0.15, -0.1) is 0 Å². The standard InChI is InChI=1S/C29H25F5N2O2/c1-12-8-14(3)25(15(4)9-12)35-27(19-20(30)22(32)24(34)23(33)21(19)31)36(29(38)18(7)28(35)37)26-16(5)10-13(2)11-17(26)6/h8-11H,1-7H3/p+1. The van der Waals surface area contributed by atoms with Gasteiger partial charge in [-0.1, -0.05) is 35.4 Å². The SMILES string of the molecule is Cc1cc(C)c(-n2c(-c3c(F)c(F)c(F)c(F)c3F)[n+](-c3c(C)cc(C)cc3C)c(O)c(C)c2=O)c(C)c1. The van der Waals surface area contributed by atoms with E-state index in [0.29, 0.717) is 22.3 Å². The third-order valence-electron chi connectivity index (χ3n) is 6.65. The van der Waals surface area contributed by atoms with Crippen molar-refractivity contribution >= 4 is 0 Å². The summed E-state index contributed by atoms with van der Waals surface area (Å²) in [7, 11) is 0. The summed E-state index contributed by atoms with van der Waals surface area (Å²) in [6.45, 7) is 11.7. The summed E-state index contributed by atoms with van der Waals surface area (Å²) < 4.78 is 75.9. The minimum atomic E-state index is -2.33. The first kappa shape index (κ1) is 27.0. The summed E-state index contributed by atoms with van der Waals surface area (Å²) in [6.07, 6.45) is 0. The number of aryl methyl sites for hydroxylation is 6. The Labute approximate surface area is 216 Å². The summed E-state index contributed by atoms with van der Waals surface area (Å²) >= 11 is 0. The van der Waals surface area contributed by atoms with E-state index in [1.165, 1.54) is 6.92 Å². The Hall–Kier alpha value is -4.01. The Balaban J connectivity index is 2.42. The van der Waals surface area contributed by atoms with Gasteiger partial charge in [0, 0.05) is 0 Å². The van der Waals surface area contributed by atoms with Crippen LogP contribution in [0.5, 0.6) is 5.88 Å². The van der Waals surface area contributed by atoms with E-state index in [4.69, 9.17) is 0 Å². The van der Waals surface area contributed by atoms with Gasteiger partial charge < -0.3 is 5.11 Å². The summed E-state index contributed by atoms with van der Waals surface area (Å²) in [4.78, 5) is 13.7. The summed E-state index contributed by atoms with van der Waals surface area (Å²) in [5.41, 5.74) is 1.81. The van der Waals surface area contributed by atoms with Gasteiger partial charge >= 0.3 is 11.4 Å². The molecule has 0 fully saturated rings. The Morgan fingerprint density at radius 1 is 0.658 bits per heavy atom. The van der Waals surface area contributed by atoms with Gasteiger partial charge in [0.15, 0.2) is 23.3 Å². The molecule has 0 atom stereocenters. The Morgan fingerprint density at radius 2 is 1.05 bits per heavy atom. The van der Waals surface area contributed by atoms with E-state index in [1.54, 1.807) is 52.0 Å². The molecule has 0 bridgehead atoms. The zero-order valence-electron chi connectivity index (χ0n) is 21.9. The normalized spacial score (nSPS) is 11.4. The maximum absolute atomic E-state index is 15.4. The van der Waals surface area contributed by atoms with E-state index < -0.39 is 51.9 Å². The highest BCUT2D eigenvalue weighted by molar-refractivity contribution is 5.63. The largest absolute Gasteiger partial charge is 0.477 e. The number of benzene rings is 3. The molecule has 0 spiro atoms. The van der Waals surface area contributed by atoms with Gasteiger partial charge in [0.25, 0.3) is 5.88 Å². The van der Waals surface area contributed by atoms with E-state index in [9.17, 15) is 23.1 Å². The highest BCUT2D eigenvalue weighted by Crippen LogP contribution is 2.35. The molecule has 4 aromatic rings. The van der Waals surface area contributed by atoms with Gasteiger partial charge in [-0.3, -0.25) is 0 Å². The molecule has 4 rings (SSSR count). The van der Waals surface area contributed by atoms with Crippen LogP contribution < -0.4 is 10.1 Å². The van der Waals surface area contributed by atoms with Crippen molar-refractivity contribution in [1.29, 1.82) is 0 Å². The van der Waals surface area contributed by atoms with Crippen molar-refractivity contribution in [3.8, 4) is 28.6 Å². The molecule has 0 saturated heterocycles. The number of rotatable bonds is 3. The van der Waals surface area contributed by atoms with E-state index in [-0.39, 0.29) is 16.9 Å². The average Bonchev–Trinajstić information content (AvgIpc) is 2.82. The molecule has 1 aromatic heterocycles. The molecular formula is C29H26F5N2O2+. The van der Waals surface area contributed by atoms with Crippen LogP contribution in [0, 0.1) is 77.6 Å². The molecule has 0 amide bonds.